The fourth-order valence-corrected chi connectivity index (χ4v) is 2.27. The van der Waals surface area contributed by atoms with Crippen LogP contribution < -0.4 is 11.1 Å². The molecule has 21 heavy (non-hydrogen) atoms. The van der Waals surface area contributed by atoms with E-state index in [1.807, 2.05) is 49.4 Å². The van der Waals surface area contributed by atoms with Gasteiger partial charge < -0.3 is 11.1 Å². The number of nitrogens with two attached hydrogens (primary N) is 1. The van der Waals surface area contributed by atoms with Crippen LogP contribution >= 0.6 is 0 Å². The average Bonchev–Trinajstić information content (AvgIpc) is 2.81. The van der Waals surface area contributed by atoms with Crippen molar-refractivity contribution in [3.05, 3.63) is 54.2 Å². The number of aromatic nitrogens is 2. The molecule has 3 N–H and O–H groups in total. The second-order valence-electron chi connectivity index (χ2n) is 5.04. The van der Waals surface area contributed by atoms with Gasteiger partial charge in [-0.25, -0.2) is 0 Å². The van der Waals surface area contributed by atoms with Gasteiger partial charge in [0.05, 0.1) is 11.7 Å². The van der Waals surface area contributed by atoms with Crippen LogP contribution in [0.1, 0.15) is 5.56 Å². The van der Waals surface area contributed by atoms with Crippen molar-refractivity contribution >= 4 is 28.2 Å². The highest BCUT2D eigenvalue weighted by Crippen LogP contribution is 2.17. The Labute approximate surface area is 122 Å². The molecule has 0 saturated heterocycles. The molecule has 0 bridgehead atoms. The molecule has 1 aromatic heterocycles. The summed E-state index contributed by atoms with van der Waals surface area (Å²) in [5, 5.41) is 8.07. The van der Waals surface area contributed by atoms with Gasteiger partial charge in [-0.15, -0.1) is 0 Å². The summed E-state index contributed by atoms with van der Waals surface area (Å²) < 4.78 is 1.65. The molecular formula is C16H16N4O. The first-order chi connectivity index (χ1) is 10.1. The van der Waals surface area contributed by atoms with E-state index >= 15 is 0 Å². The first kappa shape index (κ1) is 13.2. The van der Waals surface area contributed by atoms with Crippen molar-refractivity contribution in [2.45, 2.75) is 13.5 Å². The summed E-state index contributed by atoms with van der Waals surface area (Å²) in [6, 6.07) is 13.2. The number of fused-ring (bicyclic) bond motifs is 1. The minimum absolute atomic E-state index is 0.118. The predicted octanol–water partition coefficient (Wildman–Crippen LogP) is 2.57. The Kier molecular flexibility index (Phi) is 3.31. The number of carbonyl (C=O) groups excluding carboxylic acids is 1. The number of anilines is 2. The fraction of sp³-hybridized carbons (Fsp3) is 0.125. The number of carbonyl (C=O) groups is 1. The van der Waals surface area contributed by atoms with Crippen molar-refractivity contribution in [1.82, 2.24) is 9.78 Å². The van der Waals surface area contributed by atoms with Crippen molar-refractivity contribution in [3.63, 3.8) is 0 Å². The van der Waals surface area contributed by atoms with Crippen molar-refractivity contribution < 1.29 is 4.79 Å². The van der Waals surface area contributed by atoms with Crippen LogP contribution in [0.5, 0.6) is 0 Å². The molecule has 3 rings (SSSR count). The van der Waals surface area contributed by atoms with E-state index in [-0.39, 0.29) is 12.5 Å². The number of benzene rings is 2. The first-order valence-electron chi connectivity index (χ1n) is 6.69. The molecule has 0 aliphatic rings. The van der Waals surface area contributed by atoms with Crippen LogP contribution in [0.3, 0.4) is 0 Å². The molecule has 0 unspecified atom stereocenters. The Hall–Kier alpha value is -2.82. The number of rotatable bonds is 3. The van der Waals surface area contributed by atoms with Crippen molar-refractivity contribution in [2.75, 3.05) is 11.1 Å². The minimum atomic E-state index is -0.118. The van der Waals surface area contributed by atoms with Crippen LogP contribution in [0.25, 0.3) is 10.9 Å². The zero-order valence-electron chi connectivity index (χ0n) is 11.7. The zero-order valence-corrected chi connectivity index (χ0v) is 11.7. The summed E-state index contributed by atoms with van der Waals surface area (Å²) in [4.78, 5) is 12.1. The summed E-state index contributed by atoms with van der Waals surface area (Å²) in [5.74, 6) is -0.118. The van der Waals surface area contributed by atoms with E-state index in [0.29, 0.717) is 5.69 Å². The highest BCUT2D eigenvalue weighted by molar-refractivity contribution is 5.92. The number of nitrogen functional groups attached to an aromatic ring is 1. The van der Waals surface area contributed by atoms with Gasteiger partial charge in [0.1, 0.15) is 6.54 Å². The quantitative estimate of drug-likeness (QED) is 0.724. The average molecular weight is 280 g/mol. The maximum absolute atomic E-state index is 12.1. The minimum Gasteiger partial charge on any atom is -0.399 e. The molecule has 0 spiro atoms. The molecule has 0 aliphatic heterocycles. The smallest absolute Gasteiger partial charge is 0.246 e. The molecule has 1 amide bonds. The number of nitrogens with one attached hydrogen (secondary N) is 1. The summed E-state index contributed by atoms with van der Waals surface area (Å²) in [6.45, 7) is 2.14. The molecule has 0 fully saturated rings. The first-order valence-corrected chi connectivity index (χ1v) is 6.69. The van der Waals surface area contributed by atoms with Crippen LogP contribution in [-0.2, 0) is 11.3 Å². The van der Waals surface area contributed by atoms with Gasteiger partial charge in [-0.3, -0.25) is 9.48 Å². The molecule has 0 atom stereocenters. The van der Waals surface area contributed by atoms with Crippen LogP contribution in [0.2, 0.25) is 0 Å². The summed E-state index contributed by atoms with van der Waals surface area (Å²) in [6.07, 6.45) is 1.73. The molecule has 0 aliphatic carbocycles. The Balaban J connectivity index is 1.79. The van der Waals surface area contributed by atoms with E-state index < -0.39 is 0 Å². The highest BCUT2D eigenvalue weighted by Gasteiger charge is 2.08. The van der Waals surface area contributed by atoms with Gasteiger partial charge in [-0.2, -0.15) is 5.10 Å². The third kappa shape index (κ3) is 2.86. The van der Waals surface area contributed by atoms with Crippen molar-refractivity contribution in [1.29, 1.82) is 0 Å². The molecule has 5 nitrogen and oxygen atoms in total. The lowest BCUT2D eigenvalue weighted by atomic mass is 10.2. The summed E-state index contributed by atoms with van der Waals surface area (Å²) >= 11 is 0. The predicted molar refractivity (Wildman–Crippen MR) is 84.0 cm³/mol. The van der Waals surface area contributed by atoms with E-state index in [1.165, 1.54) is 0 Å². The van der Waals surface area contributed by atoms with Gasteiger partial charge >= 0.3 is 0 Å². The van der Waals surface area contributed by atoms with Gasteiger partial charge in [0.15, 0.2) is 0 Å². The van der Waals surface area contributed by atoms with Crippen LogP contribution in [0.4, 0.5) is 11.4 Å². The van der Waals surface area contributed by atoms with Gasteiger partial charge in [-0.05, 0) is 42.8 Å². The third-order valence-corrected chi connectivity index (χ3v) is 3.26. The second-order valence-corrected chi connectivity index (χ2v) is 5.04. The van der Waals surface area contributed by atoms with Crippen molar-refractivity contribution in [2.24, 2.45) is 0 Å². The molecule has 106 valence electrons. The Bertz CT molecular complexity index is 807. The number of hydrogen-bond acceptors (Lipinski definition) is 3. The molecule has 5 heteroatoms. The maximum atomic E-state index is 12.1. The molecule has 0 saturated carbocycles. The SMILES string of the molecule is Cc1cccc(NC(=O)Cn2ncc3ccc(N)cc32)c1. The van der Waals surface area contributed by atoms with Gasteiger partial charge in [0, 0.05) is 16.8 Å². The Morgan fingerprint density at radius 1 is 1.29 bits per heavy atom. The molecule has 0 radical (unpaired) electrons. The zero-order chi connectivity index (χ0) is 14.8. The van der Waals surface area contributed by atoms with Gasteiger partial charge in [0.2, 0.25) is 5.91 Å². The second kappa shape index (κ2) is 5.28. The van der Waals surface area contributed by atoms with E-state index in [2.05, 4.69) is 10.4 Å². The summed E-state index contributed by atoms with van der Waals surface area (Å²) in [5.41, 5.74) is 9.18. The van der Waals surface area contributed by atoms with Crippen LogP contribution in [0.15, 0.2) is 48.7 Å². The lowest BCUT2D eigenvalue weighted by Gasteiger charge is -2.07. The third-order valence-electron chi connectivity index (χ3n) is 3.26. The van der Waals surface area contributed by atoms with Crippen LogP contribution in [-0.4, -0.2) is 15.7 Å². The van der Waals surface area contributed by atoms with Crippen LogP contribution in [0, 0.1) is 6.92 Å². The van der Waals surface area contributed by atoms with E-state index in [4.69, 9.17) is 5.73 Å². The molecular weight excluding hydrogens is 264 g/mol. The highest BCUT2D eigenvalue weighted by atomic mass is 16.2. The Morgan fingerprint density at radius 2 is 2.14 bits per heavy atom. The normalized spacial score (nSPS) is 10.7. The largest absolute Gasteiger partial charge is 0.399 e. The molecule has 1 heterocycles. The molecule has 3 aromatic rings. The monoisotopic (exact) mass is 280 g/mol. The maximum Gasteiger partial charge on any atom is 0.246 e. The van der Waals surface area contributed by atoms with Gasteiger partial charge in [-0.1, -0.05) is 12.1 Å². The number of nitrogens with zero attached hydrogens (tertiary/aromatic N) is 2. The van der Waals surface area contributed by atoms with E-state index in [1.54, 1.807) is 10.9 Å². The standard InChI is InChI=1S/C16H16N4O/c1-11-3-2-4-14(7-11)19-16(21)10-20-15-8-13(17)6-5-12(15)9-18-20/h2-9H,10,17H2,1H3,(H,19,21). The topological polar surface area (TPSA) is 72.9 Å². The number of amides is 1. The van der Waals surface area contributed by atoms with E-state index in [9.17, 15) is 4.79 Å². The lowest BCUT2D eigenvalue weighted by Crippen LogP contribution is -2.19. The summed E-state index contributed by atoms with van der Waals surface area (Å²) in [7, 11) is 0. The number of hydrogen-bond donors (Lipinski definition) is 2. The lowest BCUT2D eigenvalue weighted by molar-refractivity contribution is -0.116. The number of aryl methyl sites for hydroxylation is 1. The van der Waals surface area contributed by atoms with Crippen molar-refractivity contribution in [3.8, 4) is 0 Å². The fourth-order valence-electron chi connectivity index (χ4n) is 2.27. The molecule has 2 aromatic carbocycles. The Morgan fingerprint density at radius 3 is 2.95 bits per heavy atom. The van der Waals surface area contributed by atoms with E-state index in [0.717, 1.165) is 22.2 Å². The van der Waals surface area contributed by atoms with Gasteiger partial charge in [0.25, 0.3) is 0 Å².